The van der Waals surface area contributed by atoms with Crippen LogP contribution in [0.5, 0.6) is 0 Å². The summed E-state index contributed by atoms with van der Waals surface area (Å²) in [7, 11) is 0. The van der Waals surface area contributed by atoms with Crippen LogP contribution in [-0.2, 0) is 6.54 Å². The van der Waals surface area contributed by atoms with E-state index < -0.39 is 0 Å². The second kappa shape index (κ2) is 5.68. The molecule has 1 rings (SSSR count). The van der Waals surface area contributed by atoms with E-state index in [0.29, 0.717) is 5.92 Å². The van der Waals surface area contributed by atoms with Gasteiger partial charge in [-0.1, -0.05) is 27.2 Å². The summed E-state index contributed by atoms with van der Waals surface area (Å²) in [5, 5.41) is 7.69. The zero-order valence-corrected chi connectivity index (χ0v) is 9.45. The van der Waals surface area contributed by atoms with Crippen molar-refractivity contribution >= 4 is 5.82 Å². The van der Waals surface area contributed by atoms with Crippen molar-refractivity contribution in [2.24, 2.45) is 5.92 Å². The van der Waals surface area contributed by atoms with Gasteiger partial charge >= 0.3 is 0 Å². The number of hydrogen-bond acceptors (Lipinski definition) is 2. The van der Waals surface area contributed by atoms with Crippen LogP contribution in [0.25, 0.3) is 0 Å². The van der Waals surface area contributed by atoms with Crippen LogP contribution in [-0.4, -0.2) is 16.3 Å². The highest BCUT2D eigenvalue weighted by Crippen LogP contribution is 2.08. The van der Waals surface area contributed by atoms with Gasteiger partial charge < -0.3 is 5.32 Å². The molecule has 0 aliphatic carbocycles. The monoisotopic (exact) mass is 195 g/mol. The van der Waals surface area contributed by atoms with Crippen LogP contribution < -0.4 is 5.32 Å². The molecule has 0 saturated heterocycles. The predicted octanol–water partition coefficient (Wildman–Crippen LogP) is 2.75. The smallest absolute Gasteiger partial charge is 0.124 e. The van der Waals surface area contributed by atoms with Gasteiger partial charge in [0.05, 0.1) is 6.20 Å². The van der Waals surface area contributed by atoms with E-state index in [-0.39, 0.29) is 0 Å². The highest BCUT2D eigenvalue weighted by atomic mass is 15.3. The topological polar surface area (TPSA) is 29.9 Å². The van der Waals surface area contributed by atoms with Crippen molar-refractivity contribution < 1.29 is 0 Å². The van der Waals surface area contributed by atoms with Gasteiger partial charge in [-0.3, -0.25) is 0 Å². The van der Waals surface area contributed by atoms with Crippen molar-refractivity contribution in [2.45, 2.75) is 40.2 Å². The Morgan fingerprint density at radius 3 is 2.93 bits per heavy atom. The zero-order chi connectivity index (χ0) is 10.4. The van der Waals surface area contributed by atoms with Crippen molar-refractivity contribution in [2.75, 3.05) is 11.9 Å². The summed E-state index contributed by atoms with van der Waals surface area (Å²) in [4.78, 5) is 0. The summed E-state index contributed by atoms with van der Waals surface area (Å²) in [6.07, 6.45) is 4.26. The fourth-order valence-electron chi connectivity index (χ4n) is 1.28. The largest absolute Gasteiger partial charge is 0.370 e. The molecule has 0 unspecified atom stereocenters. The van der Waals surface area contributed by atoms with Gasteiger partial charge in [0.25, 0.3) is 0 Å². The van der Waals surface area contributed by atoms with Gasteiger partial charge in [-0.05, 0) is 12.3 Å². The molecule has 0 fully saturated rings. The van der Waals surface area contributed by atoms with Gasteiger partial charge in [-0.2, -0.15) is 5.10 Å². The molecule has 3 nitrogen and oxygen atoms in total. The zero-order valence-electron chi connectivity index (χ0n) is 9.45. The fourth-order valence-corrected chi connectivity index (χ4v) is 1.28. The second-order valence-electron chi connectivity index (χ2n) is 4.07. The summed E-state index contributed by atoms with van der Waals surface area (Å²) < 4.78 is 2.05. The Morgan fingerprint density at radius 1 is 1.50 bits per heavy atom. The third kappa shape index (κ3) is 3.40. The molecule has 1 N–H and O–H groups in total. The second-order valence-corrected chi connectivity index (χ2v) is 4.07. The molecule has 0 aliphatic rings. The van der Waals surface area contributed by atoms with Crippen LogP contribution in [0.2, 0.25) is 0 Å². The van der Waals surface area contributed by atoms with E-state index in [1.54, 1.807) is 0 Å². The van der Waals surface area contributed by atoms with E-state index in [9.17, 15) is 0 Å². The molecule has 0 atom stereocenters. The number of hydrogen-bond donors (Lipinski definition) is 1. The maximum absolute atomic E-state index is 4.29. The Morgan fingerprint density at radius 2 is 2.29 bits per heavy atom. The number of anilines is 1. The van der Waals surface area contributed by atoms with E-state index in [1.165, 1.54) is 12.8 Å². The van der Waals surface area contributed by atoms with E-state index >= 15 is 0 Å². The Hall–Kier alpha value is -0.990. The first-order chi connectivity index (χ1) is 6.74. The van der Waals surface area contributed by atoms with E-state index in [0.717, 1.165) is 18.9 Å². The first-order valence-corrected chi connectivity index (χ1v) is 5.49. The van der Waals surface area contributed by atoms with Crippen molar-refractivity contribution in [3.8, 4) is 0 Å². The van der Waals surface area contributed by atoms with Crippen molar-refractivity contribution in [1.29, 1.82) is 0 Å². The first kappa shape index (κ1) is 11.1. The lowest BCUT2D eigenvalue weighted by atomic mass is 10.2. The normalized spacial score (nSPS) is 10.9. The fraction of sp³-hybridized carbons (Fsp3) is 0.727. The minimum atomic E-state index is 0.671. The minimum absolute atomic E-state index is 0.671. The van der Waals surface area contributed by atoms with Crippen LogP contribution in [0.15, 0.2) is 12.3 Å². The molecule has 0 radical (unpaired) electrons. The SMILES string of the molecule is CCCCn1nccc1NCC(C)C. The van der Waals surface area contributed by atoms with Gasteiger partial charge in [0.2, 0.25) is 0 Å². The number of aryl methyl sites for hydroxylation is 1. The van der Waals surface area contributed by atoms with Crippen LogP contribution in [0.1, 0.15) is 33.6 Å². The van der Waals surface area contributed by atoms with Gasteiger partial charge in [0.1, 0.15) is 5.82 Å². The van der Waals surface area contributed by atoms with Crippen LogP contribution >= 0.6 is 0 Å². The number of nitrogens with zero attached hydrogens (tertiary/aromatic N) is 2. The maximum Gasteiger partial charge on any atom is 0.124 e. The molecule has 1 aromatic heterocycles. The van der Waals surface area contributed by atoms with E-state index in [4.69, 9.17) is 0 Å². The number of aromatic nitrogens is 2. The van der Waals surface area contributed by atoms with Crippen LogP contribution in [0.4, 0.5) is 5.82 Å². The Labute approximate surface area is 86.5 Å². The molecule has 0 bridgehead atoms. The number of nitrogens with one attached hydrogen (secondary N) is 1. The Balaban J connectivity index is 2.45. The lowest BCUT2D eigenvalue weighted by Gasteiger charge is -2.10. The molecule has 1 heterocycles. The lowest BCUT2D eigenvalue weighted by molar-refractivity contribution is 0.572. The molecule has 0 aromatic carbocycles. The average molecular weight is 195 g/mol. The summed E-state index contributed by atoms with van der Waals surface area (Å²) in [5.74, 6) is 1.82. The van der Waals surface area contributed by atoms with Crippen molar-refractivity contribution in [3.63, 3.8) is 0 Å². The van der Waals surface area contributed by atoms with Crippen molar-refractivity contribution in [1.82, 2.24) is 9.78 Å². The van der Waals surface area contributed by atoms with E-state index in [2.05, 4.69) is 31.2 Å². The minimum Gasteiger partial charge on any atom is -0.370 e. The maximum atomic E-state index is 4.29. The third-order valence-electron chi connectivity index (χ3n) is 2.13. The average Bonchev–Trinajstić information content (AvgIpc) is 2.58. The van der Waals surface area contributed by atoms with Gasteiger partial charge in [0, 0.05) is 19.2 Å². The molecule has 3 heteroatoms. The summed E-state index contributed by atoms with van der Waals surface area (Å²) in [6, 6.07) is 2.04. The van der Waals surface area contributed by atoms with Gasteiger partial charge in [-0.15, -0.1) is 0 Å². The summed E-state index contributed by atoms with van der Waals surface area (Å²) in [5.41, 5.74) is 0. The summed E-state index contributed by atoms with van der Waals surface area (Å²) in [6.45, 7) is 8.64. The molecular formula is C11H21N3. The molecule has 1 aromatic rings. The van der Waals surface area contributed by atoms with E-state index in [1.807, 2.05) is 16.9 Å². The lowest BCUT2D eigenvalue weighted by Crippen LogP contribution is -2.12. The molecule has 0 saturated carbocycles. The van der Waals surface area contributed by atoms with Crippen LogP contribution in [0, 0.1) is 5.92 Å². The van der Waals surface area contributed by atoms with Crippen molar-refractivity contribution in [3.05, 3.63) is 12.3 Å². The van der Waals surface area contributed by atoms with Gasteiger partial charge in [-0.25, -0.2) is 4.68 Å². The molecule has 0 aliphatic heterocycles. The predicted molar refractivity (Wildman–Crippen MR) is 60.5 cm³/mol. The van der Waals surface area contributed by atoms with Gasteiger partial charge in [0.15, 0.2) is 0 Å². The van der Waals surface area contributed by atoms with Crippen LogP contribution in [0.3, 0.4) is 0 Å². The molecule has 80 valence electrons. The molecular weight excluding hydrogens is 174 g/mol. The molecule has 14 heavy (non-hydrogen) atoms. The molecule has 0 amide bonds. The third-order valence-corrected chi connectivity index (χ3v) is 2.13. The Kier molecular flexibility index (Phi) is 4.50. The first-order valence-electron chi connectivity index (χ1n) is 5.49. The molecule has 0 spiro atoms. The quantitative estimate of drug-likeness (QED) is 0.756. The standard InChI is InChI=1S/C11H21N3/c1-4-5-8-14-11(6-7-13-14)12-9-10(2)3/h6-7,10,12H,4-5,8-9H2,1-3H3. The Bertz CT molecular complexity index is 253. The number of unbranched alkanes of at least 4 members (excludes halogenated alkanes) is 1. The number of rotatable bonds is 6. The summed E-state index contributed by atoms with van der Waals surface area (Å²) >= 11 is 0. The highest BCUT2D eigenvalue weighted by molar-refractivity contribution is 5.33. The highest BCUT2D eigenvalue weighted by Gasteiger charge is 2.01.